The van der Waals surface area contributed by atoms with E-state index < -0.39 is 11.3 Å². The number of hydrogen-bond acceptors (Lipinski definition) is 3. The van der Waals surface area contributed by atoms with Crippen LogP contribution in [0.2, 0.25) is 10.0 Å². The van der Waals surface area contributed by atoms with E-state index in [9.17, 15) is 9.59 Å². The van der Waals surface area contributed by atoms with Crippen LogP contribution in [0.3, 0.4) is 0 Å². The number of amides is 1. The average Bonchev–Trinajstić information content (AvgIpc) is 3.09. The van der Waals surface area contributed by atoms with Gasteiger partial charge in [0.05, 0.1) is 6.61 Å². The van der Waals surface area contributed by atoms with Crippen LogP contribution in [0.25, 0.3) is 5.57 Å². The number of fused-ring (bicyclic) bond motifs is 2. The lowest BCUT2D eigenvalue weighted by Gasteiger charge is -2.38. The first-order chi connectivity index (χ1) is 16.4. The van der Waals surface area contributed by atoms with E-state index in [0.717, 1.165) is 23.1 Å². The summed E-state index contributed by atoms with van der Waals surface area (Å²) in [6.45, 7) is 2.63. The number of nitrogens with one attached hydrogen (secondary N) is 1. The summed E-state index contributed by atoms with van der Waals surface area (Å²) in [7, 11) is 0. The maximum absolute atomic E-state index is 13.7. The van der Waals surface area contributed by atoms with Gasteiger partial charge in [0.25, 0.3) is 0 Å². The standard InChI is InChI=1S/C28H23Cl2NO3/c1-2-11-34-21-8-4-5-17(13-21)22-16-28(23-10-9-20(30)14-25(23)31-27(28)33)24(15-26(22)32)18-6-3-7-19(29)12-18/h3-10,12-14,16,24H,2,11,15H2,1H3,(H,31,33)/t24-,28-/m0/s1. The van der Waals surface area contributed by atoms with Crippen LogP contribution in [0.1, 0.15) is 42.4 Å². The van der Waals surface area contributed by atoms with Crippen molar-refractivity contribution in [3.05, 3.63) is 99.5 Å². The van der Waals surface area contributed by atoms with E-state index in [0.29, 0.717) is 33.7 Å². The average molecular weight is 492 g/mol. The minimum atomic E-state index is -1.08. The largest absolute Gasteiger partial charge is 0.494 e. The van der Waals surface area contributed by atoms with Crippen LogP contribution in [0.5, 0.6) is 5.75 Å². The monoisotopic (exact) mass is 491 g/mol. The molecule has 1 heterocycles. The molecule has 0 radical (unpaired) electrons. The Morgan fingerprint density at radius 3 is 2.59 bits per heavy atom. The topological polar surface area (TPSA) is 55.4 Å². The number of ketones is 1. The predicted molar refractivity (Wildman–Crippen MR) is 136 cm³/mol. The number of hydrogen-bond donors (Lipinski definition) is 1. The highest BCUT2D eigenvalue weighted by atomic mass is 35.5. The van der Waals surface area contributed by atoms with Crippen LogP contribution in [0, 0.1) is 0 Å². The predicted octanol–water partition coefficient (Wildman–Crippen LogP) is 6.81. The third kappa shape index (κ3) is 3.81. The number of rotatable bonds is 5. The van der Waals surface area contributed by atoms with Gasteiger partial charge in [0.1, 0.15) is 11.2 Å². The first kappa shape index (κ1) is 22.7. The molecule has 0 aromatic heterocycles. The van der Waals surface area contributed by atoms with Gasteiger partial charge < -0.3 is 10.1 Å². The molecule has 0 saturated carbocycles. The summed E-state index contributed by atoms with van der Waals surface area (Å²) in [5.74, 6) is 0.0723. The smallest absolute Gasteiger partial charge is 0.239 e. The zero-order valence-electron chi connectivity index (χ0n) is 18.6. The first-order valence-corrected chi connectivity index (χ1v) is 12.0. The molecule has 0 unspecified atom stereocenters. The molecule has 1 aliphatic heterocycles. The minimum absolute atomic E-state index is 0.0292. The summed E-state index contributed by atoms with van der Waals surface area (Å²) in [5.41, 5.74) is 2.48. The molecule has 2 aliphatic rings. The van der Waals surface area contributed by atoms with Gasteiger partial charge in [-0.25, -0.2) is 0 Å². The molecule has 1 amide bonds. The quantitative estimate of drug-likeness (QED) is 0.426. The van der Waals surface area contributed by atoms with E-state index >= 15 is 0 Å². The maximum Gasteiger partial charge on any atom is 0.239 e. The van der Waals surface area contributed by atoms with Crippen LogP contribution < -0.4 is 10.1 Å². The van der Waals surface area contributed by atoms with Crippen molar-refractivity contribution in [2.75, 3.05) is 11.9 Å². The van der Waals surface area contributed by atoms with Crippen LogP contribution in [-0.2, 0) is 15.0 Å². The summed E-state index contributed by atoms with van der Waals surface area (Å²) >= 11 is 12.5. The molecular formula is C28H23Cl2NO3. The molecule has 4 nitrogen and oxygen atoms in total. The van der Waals surface area contributed by atoms with Crippen LogP contribution in [-0.4, -0.2) is 18.3 Å². The van der Waals surface area contributed by atoms with Gasteiger partial charge in [0.2, 0.25) is 5.91 Å². The molecule has 3 aromatic rings. The third-order valence-corrected chi connectivity index (χ3v) is 7.00. The maximum atomic E-state index is 13.7. The number of halogens is 2. The highest BCUT2D eigenvalue weighted by molar-refractivity contribution is 6.31. The van der Waals surface area contributed by atoms with E-state index in [2.05, 4.69) is 5.32 Å². The Labute approximate surface area is 208 Å². The van der Waals surface area contributed by atoms with E-state index in [-0.39, 0.29) is 18.1 Å². The van der Waals surface area contributed by atoms with Crippen molar-refractivity contribution < 1.29 is 14.3 Å². The van der Waals surface area contributed by atoms with Crippen LogP contribution in [0.15, 0.2) is 72.8 Å². The van der Waals surface area contributed by atoms with E-state index in [4.69, 9.17) is 27.9 Å². The first-order valence-electron chi connectivity index (χ1n) is 11.3. The Bertz CT molecular complexity index is 1330. The second kappa shape index (κ2) is 8.94. The van der Waals surface area contributed by atoms with E-state index in [1.165, 1.54) is 0 Å². The lowest BCUT2D eigenvalue weighted by Crippen LogP contribution is -2.43. The summed E-state index contributed by atoms with van der Waals surface area (Å²) in [4.78, 5) is 27.2. The molecule has 3 aromatic carbocycles. The highest BCUT2D eigenvalue weighted by Gasteiger charge is 2.54. The molecule has 1 spiro atoms. The van der Waals surface area contributed by atoms with Crippen molar-refractivity contribution in [2.45, 2.75) is 31.1 Å². The van der Waals surface area contributed by atoms with Gasteiger partial charge in [0.15, 0.2) is 5.78 Å². The van der Waals surface area contributed by atoms with Gasteiger partial charge in [-0.2, -0.15) is 0 Å². The molecule has 2 atom stereocenters. The van der Waals surface area contributed by atoms with Crippen molar-refractivity contribution in [3.63, 3.8) is 0 Å². The fourth-order valence-electron chi connectivity index (χ4n) is 5.00. The summed E-state index contributed by atoms with van der Waals surface area (Å²) in [6, 6.07) is 20.3. The van der Waals surface area contributed by atoms with Gasteiger partial charge in [-0.15, -0.1) is 0 Å². The van der Waals surface area contributed by atoms with Gasteiger partial charge in [-0.05, 0) is 59.5 Å². The molecular weight excluding hydrogens is 469 g/mol. The third-order valence-electron chi connectivity index (χ3n) is 6.53. The molecule has 34 heavy (non-hydrogen) atoms. The van der Waals surface area contributed by atoms with Crippen molar-refractivity contribution in [1.29, 1.82) is 0 Å². The van der Waals surface area contributed by atoms with Crippen LogP contribution >= 0.6 is 23.2 Å². The summed E-state index contributed by atoms with van der Waals surface area (Å²) < 4.78 is 5.79. The molecule has 5 rings (SSSR count). The normalized spacial score (nSPS) is 21.3. The van der Waals surface area contributed by atoms with Gasteiger partial charge in [-0.1, -0.05) is 66.5 Å². The Balaban J connectivity index is 1.72. The number of Topliss-reactive ketones (excluding diaryl/α,β-unsaturated/α-hetero) is 1. The molecule has 1 aliphatic carbocycles. The minimum Gasteiger partial charge on any atom is -0.494 e. The number of allylic oxidation sites excluding steroid dienone is 1. The second-order valence-electron chi connectivity index (χ2n) is 8.68. The zero-order chi connectivity index (χ0) is 23.9. The number of anilines is 1. The molecule has 6 heteroatoms. The SMILES string of the molecule is CCCOc1cccc(C2=C[C@@]3(C(=O)Nc4cc(Cl)ccc43)[C@H](c3cccc(Cl)c3)CC2=O)c1. The van der Waals surface area contributed by atoms with Gasteiger partial charge in [0, 0.05) is 33.6 Å². The van der Waals surface area contributed by atoms with Gasteiger partial charge >= 0.3 is 0 Å². The molecule has 0 bridgehead atoms. The fraction of sp³-hybridized carbons (Fsp3) is 0.214. The number of carbonyl (C=O) groups is 2. The Hall–Kier alpha value is -3.08. The van der Waals surface area contributed by atoms with E-state index in [1.54, 1.807) is 18.2 Å². The summed E-state index contributed by atoms with van der Waals surface area (Å²) in [5, 5.41) is 4.10. The van der Waals surface area contributed by atoms with Crippen molar-refractivity contribution in [2.24, 2.45) is 0 Å². The lowest BCUT2D eigenvalue weighted by atomic mass is 9.61. The number of benzene rings is 3. The van der Waals surface area contributed by atoms with Crippen molar-refractivity contribution >= 4 is 46.2 Å². The molecule has 0 fully saturated rings. The van der Waals surface area contributed by atoms with Crippen LogP contribution in [0.4, 0.5) is 5.69 Å². The Kier molecular flexibility index (Phi) is 5.97. The molecule has 0 saturated heterocycles. The molecule has 1 N–H and O–H groups in total. The number of carbonyl (C=O) groups excluding carboxylic acids is 2. The summed E-state index contributed by atoms with van der Waals surface area (Å²) in [6.07, 6.45) is 2.88. The van der Waals surface area contributed by atoms with E-state index in [1.807, 2.05) is 61.5 Å². The second-order valence-corrected chi connectivity index (χ2v) is 9.56. The Morgan fingerprint density at radius 2 is 1.79 bits per heavy atom. The zero-order valence-corrected chi connectivity index (χ0v) is 20.1. The van der Waals surface area contributed by atoms with Crippen molar-refractivity contribution in [3.8, 4) is 5.75 Å². The number of ether oxygens (including phenoxy) is 1. The van der Waals surface area contributed by atoms with Crippen molar-refractivity contribution in [1.82, 2.24) is 0 Å². The van der Waals surface area contributed by atoms with Gasteiger partial charge in [-0.3, -0.25) is 9.59 Å². The molecule has 172 valence electrons. The lowest BCUT2D eigenvalue weighted by molar-refractivity contribution is -0.121. The fourth-order valence-corrected chi connectivity index (χ4v) is 5.38. The Morgan fingerprint density at radius 1 is 1.00 bits per heavy atom. The highest BCUT2D eigenvalue weighted by Crippen LogP contribution is 2.54.